The van der Waals surface area contributed by atoms with Crippen LogP contribution in [-0.2, 0) is 11.3 Å². The molecule has 1 N–H and O–H groups in total. The molecule has 1 saturated heterocycles. The molecule has 2 rings (SSSR count). The number of carbonyl (C=O) groups is 2. The zero-order valence-electron chi connectivity index (χ0n) is 12.8. The molecular formula is C16H22N2O3. The lowest BCUT2D eigenvalue weighted by Gasteiger charge is -2.20. The molecule has 0 aliphatic carbocycles. The number of carbonyl (C=O) groups excluding carboxylic acids is 1. The average Bonchev–Trinajstić information content (AvgIpc) is 2.82. The predicted octanol–water partition coefficient (Wildman–Crippen LogP) is 1.68. The number of nitrogens with zero attached hydrogens (tertiary/aromatic N) is 2. The Kier molecular flexibility index (Phi) is 4.32. The summed E-state index contributed by atoms with van der Waals surface area (Å²) in [6.45, 7) is 3.31. The van der Waals surface area contributed by atoms with Crippen molar-refractivity contribution in [3.8, 4) is 0 Å². The number of amides is 1. The maximum Gasteiger partial charge on any atom is 0.311 e. The zero-order valence-corrected chi connectivity index (χ0v) is 12.8. The largest absolute Gasteiger partial charge is 0.481 e. The van der Waals surface area contributed by atoms with Crippen molar-refractivity contribution in [2.45, 2.75) is 19.9 Å². The number of likely N-dealkylation sites (tertiary alicyclic amines) is 1. The fourth-order valence-electron chi connectivity index (χ4n) is 2.61. The lowest BCUT2D eigenvalue weighted by atomic mass is 9.90. The molecule has 1 aliphatic rings. The summed E-state index contributed by atoms with van der Waals surface area (Å²) in [7, 11) is 3.99. The van der Waals surface area contributed by atoms with Gasteiger partial charge in [-0.15, -0.1) is 0 Å². The molecular weight excluding hydrogens is 268 g/mol. The van der Waals surface area contributed by atoms with Crippen LogP contribution >= 0.6 is 0 Å². The van der Waals surface area contributed by atoms with Gasteiger partial charge in [-0.05, 0) is 45.1 Å². The Balaban J connectivity index is 2.06. The van der Waals surface area contributed by atoms with Crippen LogP contribution in [-0.4, -0.2) is 54.0 Å². The molecule has 1 heterocycles. The Labute approximate surface area is 125 Å². The monoisotopic (exact) mass is 290 g/mol. The molecule has 1 unspecified atom stereocenters. The first kappa shape index (κ1) is 15.5. The minimum Gasteiger partial charge on any atom is -0.481 e. The van der Waals surface area contributed by atoms with Gasteiger partial charge in [0.25, 0.3) is 5.91 Å². The summed E-state index contributed by atoms with van der Waals surface area (Å²) < 4.78 is 0. The van der Waals surface area contributed by atoms with Gasteiger partial charge in [-0.3, -0.25) is 9.59 Å². The molecule has 0 spiro atoms. The number of carboxylic acid groups (broad SMARTS) is 1. The molecule has 1 atom stereocenters. The van der Waals surface area contributed by atoms with Gasteiger partial charge in [0.1, 0.15) is 0 Å². The van der Waals surface area contributed by atoms with Crippen LogP contribution in [0.4, 0.5) is 0 Å². The number of rotatable bonds is 4. The van der Waals surface area contributed by atoms with Crippen LogP contribution in [0.5, 0.6) is 0 Å². The first-order valence-electron chi connectivity index (χ1n) is 7.08. The van der Waals surface area contributed by atoms with Gasteiger partial charge in [-0.2, -0.15) is 0 Å². The molecule has 1 aliphatic heterocycles. The highest BCUT2D eigenvalue weighted by Crippen LogP contribution is 2.31. The standard InChI is InChI=1S/C16H22N2O3/c1-16(15(20)21)8-9-18(11-16)14(19)13-6-4-12(5-7-13)10-17(2)3/h4-7H,8-11H2,1-3H3,(H,20,21). The maximum atomic E-state index is 12.4. The van der Waals surface area contributed by atoms with Crippen LogP contribution in [0.1, 0.15) is 29.3 Å². The van der Waals surface area contributed by atoms with E-state index in [1.165, 1.54) is 0 Å². The number of carboxylic acids is 1. The SMILES string of the molecule is CN(C)Cc1ccc(C(=O)N2CCC(C)(C(=O)O)C2)cc1. The highest BCUT2D eigenvalue weighted by Gasteiger charge is 2.42. The van der Waals surface area contributed by atoms with E-state index < -0.39 is 11.4 Å². The van der Waals surface area contributed by atoms with Crippen LogP contribution in [0.2, 0.25) is 0 Å². The van der Waals surface area contributed by atoms with Gasteiger partial charge >= 0.3 is 5.97 Å². The second kappa shape index (κ2) is 5.85. The van der Waals surface area contributed by atoms with Gasteiger partial charge in [0.05, 0.1) is 5.41 Å². The van der Waals surface area contributed by atoms with E-state index in [1.54, 1.807) is 11.8 Å². The van der Waals surface area contributed by atoms with Gasteiger partial charge < -0.3 is 14.9 Å². The first-order valence-corrected chi connectivity index (χ1v) is 7.08. The maximum absolute atomic E-state index is 12.4. The second-order valence-electron chi connectivity index (χ2n) is 6.28. The quantitative estimate of drug-likeness (QED) is 0.916. The third-order valence-corrected chi connectivity index (χ3v) is 3.98. The van der Waals surface area contributed by atoms with Crippen LogP contribution in [0.25, 0.3) is 0 Å². The molecule has 0 bridgehead atoms. The smallest absolute Gasteiger partial charge is 0.311 e. The van der Waals surface area contributed by atoms with Gasteiger partial charge in [0.15, 0.2) is 0 Å². The molecule has 1 aromatic carbocycles. The summed E-state index contributed by atoms with van der Waals surface area (Å²) in [5.41, 5.74) is 0.945. The topological polar surface area (TPSA) is 60.9 Å². The van der Waals surface area contributed by atoms with Crippen LogP contribution < -0.4 is 0 Å². The fourth-order valence-corrected chi connectivity index (χ4v) is 2.61. The minimum absolute atomic E-state index is 0.0867. The van der Waals surface area contributed by atoms with Crippen molar-refractivity contribution in [3.63, 3.8) is 0 Å². The predicted molar refractivity (Wildman–Crippen MR) is 80.1 cm³/mol. The fraction of sp³-hybridized carbons (Fsp3) is 0.500. The number of benzene rings is 1. The normalized spacial score (nSPS) is 21.8. The van der Waals surface area contributed by atoms with Crippen molar-refractivity contribution in [2.24, 2.45) is 5.41 Å². The Morgan fingerprint density at radius 3 is 2.38 bits per heavy atom. The molecule has 1 fully saturated rings. The van der Waals surface area contributed by atoms with E-state index in [0.717, 1.165) is 12.1 Å². The number of hydrogen-bond acceptors (Lipinski definition) is 3. The molecule has 21 heavy (non-hydrogen) atoms. The van der Waals surface area contributed by atoms with E-state index in [-0.39, 0.29) is 12.5 Å². The lowest BCUT2D eigenvalue weighted by Crippen LogP contribution is -2.34. The third-order valence-electron chi connectivity index (χ3n) is 3.98. The summed E-state index contributed by atoms with van der Waals surface area (Å²) in [6.07, 6.45) is 0.507. The van der Waals surface area contributed by atoms with Crippen LogP contribution in [0.3, 0.4) is 0 Å². The zero-order chi connectivity index (χ0) is 15.6. The summed E-state index contributed by atoms with van der Waals surface area (Å²) in [5, 5.41) is 9.22. The second-order valence-corrected chi connectivity index (χ2v) is 6.28. The summed E-state index contributed by atoms with van der Waals surface area (Å²) >= 11 is 0. The van der Waals surface area contributed by atoms with Crippen molar-refractivity contribution in [3.05, 3.63) is 35.4 Å². The van der Waals surface area contributed by atoms with E-state index in [2.05, 4.69) is 4.90 Å². The van der Waals surface area contributed by atoms with E-state index in [4.69, 9.17) is 0 Å². The van der Waals surface area contributed by atoms with Crippen LogP contribution in [0, 0.1) is 5.41 Å². The molecule has 0 radical (unpaired) electrons. The van der Waals surface area contributed by atoms with E-state index in [0.29, 0.717) is 18.5 Å². The Morgan fingerprint density at radius 2 is 1.90 bits per heavy atom. The summed E-state index contributed by atoms with van der Waals surface area (Å²) in [5.74, 6) is -0.921. The van der Waals surface area contributed by atoms with E-state index in [9.17, 15) is 14.7 Å². The highest BCUT2D eigenvalue weighted by atomic mass is 16.4. The third kappa shape index (κ3) is 3.42. The molecule has 1 aromatic rings. The lowest BCUT2D eigenvalue weighted by molar-refractivity contribution is -0.147. The number of aliphatic carboxylic acids is 1. The van der Waals surface area contributed by atoms with Crippen LogP contribution in [0.15, 0.2) is 24.3 Å². The summed E-state index contributed by atoms with van der Waals surface area (Å²) in [4.78, 5) is 27.3. The molecule has 0 saturated carbocycles. The Hall–Kier alpha value is -1.88. The Morgan fingerprint density at radius 1 is 1.29 bits per heavy atom. The first-order chi connectivity index (χ1) is 9.82. The van der Waals surface area contributed by atoms with Gasteiger partial charge in [-0.1, -0.05) is 12.1 Å². The van der Waals surface area contributed by atoms with Crippen molar-refractivity contribution in [2.75, 3.05) is 27.2 Å². The van der Waals surface area contributed by atoms with Crippen molar-refractivity contribution >= 4 is 11.9 Å². The molecule has 0 aromatic heterocycles. The van der Waals surface area contributed by atoms with E-state index >= 15 is 0 Å². The summed E-state index contributed by atoms with van der Waals surface area (Å²) in [6, 6.07) is 7.52. The van der Waals surface area contributed by atoms with Crippen molar-refractivity contribution in [1.29, 1.82) is 0 Å². The molecule has 5 heteroatoms. The Bertz CT molecular complexity index is 539. The van der Waals surface area contributed by atoms with Gasteiger partial charge in [-0.25, -0.2) is 0 Å². The highest BCUT2D eigenvalue weighted by molar-refractivity contribution is 5.95. The van der Waals surface area contributed by atoms with Gasteiger partial charge in [0.2, 0.25) is 0 Å². The molecule has 114 valence electrons. The van der Waals surface area contributed by atoms with Gasteiger partial charge in [0, 0.05) is 25.2 Å². The van der Waals surface area contributed by atoms with E-state index in [1.807, 2.05) is 38.4 Å². The van der Waals surface area contributed by atoms with Crippen molar-refractivity contribution < 1.29 is 14.7 Å². The minimum atomic E-state index is -0.834. The number of hydrogen-bond donors (Lipinski definition) is 1. The molecule has 1 amide bonds. The van der Waals surface area contributed by atoms with Crippen molar-refractivity contribution in [1.82, 2.24) is 9.80 Å². The average molecular weight is 290 g/mol. The molecule has 5 nitrogen and oxygen atoms in total.